The number of likely N-dealkylation sites (tertiary alicyclic amines) is 1. The van der Waals surface area contributed by atoms with Crippen LogP contribution in [0.3, 0.4) is 0 Å². The van der Waals surface area contributed by atoms with Gasteiger partial charge < -0.3 is 9.64 Å². The first-order valence-electron chi connectivity index (χ1n) is 12.2. The summed E-state index contributed by atoms with van der Waals surface area (Å²) in [6, 6.07) is 10.0. The van der Waals surface area contributed by atoms with E-state index in [1.165, 1.54) is 10.4 Å². The van der Waals surface area contributed by atoms with Gasteiger partial charge >= 0.3 is 0 Å². The zero-order valence-electron chi connectivity index (χ0n) is 20.3. The zero-order chi connectivity index (χ0) is 25.9. The lowest BCUT2D eigenvalue weighted by atomic mass is 9.78. The molecule has 2 saturated heterocycles. The van der Waals surface area contributed by atoms with Crippen LogP contribution in [0, 0.1) is 12.3 Å². The maximum absolute atomic E-state index is 13.6. The Morgan fingerprint density at radius 3 is 2.47 bits per heavy atom. The number of aryl methyl sites for hydroxylation is 1. The van der Waals surface area contributed by atoms with Gasteiger partial charge in [0.25, 0.3) is 0 Å². The first-order chi connectivity index (χ1) is 17.1. The molecule has 2 aliphatic heterocycles. The van der Waals surface area contributed by atoms with Crippen LogP contribution in [-0.2, 0) is 14.8 Å². The van der Waals surface area contributed by atoms with Crippen molar-refractivity contribution in [2.45, 2.75) is 50.3 Å². The molecule has 0 bridgehead atoms. The normalized spacial score (nSPS) is 21.4. The van der Waals surface area contributed by atoms with Crippen LogP contribution in [-0.4, -0.2) is 56.3 Å². The van der Waals surface area contributed by atoms with Gasteiger partial charge in [0.15, 0.2) is 0 Å². The van der Waals surface area contributed by atoms with Gasteiger partial charge in [0, 0.05) is 43.0 Å². The third-order valence-corrected chi connectivity index (χ3v) is 10.3. The van der Waals surface area contributed by atoms with Gasteiger partial charge in [-0.3, -0.25) is 4.79 Å². The van der Waals surface area contributed by atoms with Crippen LogP contribution in [0.5, 0.6) is 5.75 Å². The largest absolute Gasteiger partial charge is 0.493 e. The van der Waals surface area contributed by atoms with Crippen molar-refractivity contribution in [2.24, 2.45) is 5.41 Å². The van der Waals surface area contributed by atoms with E-state index in [0.717, 1.165) is 37.9 Å². The molecule has 4 rings (SSSR count). The Morgan fingerprint density at radius 1 is 1.00 bits per heavy atom. The fourth-order valence-electron chi connectivity index (χ4n) is 5.02. The topological polar surface area (TPSA) is 66.9 Å². The maximum Gasteiger partial charge on any atom is 0.244 e. The van der Waals surface area contributed by atoms with Crippen molar-refractivity contribution in [3.8, 4) is 5.75 Å². The Morgan fingerprint density at radius 2 is 1.75 bits per heavy atom. The standard InChI is InChI=1S/C26H31Cl3N2O4S/c1-19-15-20(9-10-21(19)27)35-18-26(16-24(32)30-12-3-2-4-13-30)11-6-14-31(17-26)36(33,34)23-8-5-7-22(28)25(23)29/h5,7-10,15H,2-4,6,11-14,16-18H2,1H3. The van der Waals surface area contributed by atoms with Gasteiger partial charge in [0.1, 0.15) is 10.6 Å². The molecule has 196 valence electrons. The van der Waals surface area contributed by atoms with E-state index in [1.54, 1.807) is 24.3 Å². The number of halogens is 3. The second-order valence-corrected chi connectivity index (χ2v) is 12.9. The molecule has 0 radical (unpaired) electrons. The third kappa shape index (κ3) is 6.13. The molecule has 0 aromatic heterocycles. The van der Waals surface area contributed by atoms with E-state index >= 15 is 0 Å². The Hall–Kier alpha value is -1.51. The molecule has 6 nitrogen and oxygen atoms in total. The van der Waals surface area contributed by atoms with E-state index in [2.05, 4.69) is 0 Å². The molecule has 0 spiro atoms. The van der Waals surface area contributed by atoms with Crippen LogP contribution < -0.4 is 4.74 Å². The van der Waals surface area contributed by atoms with Gasteiger partial charge in [-0.15, -0.1) is 0 Å². The number of nitrogens with zero attached hydrogens (tertiary/aromatic N) is 2. The van der Waals surface area contributed by atoms with Crippen molar-refractivity contribution in [1.29, 1.82) is 0 Å². The van der Waals surface area contributed by atoms with Gasteiger partial charge in [-0.1, -0.05) is 40.9 Å². The van der Waals surface area contributed by atoms with E-state index in [1.807, 2.05) is 17.9 Å². The van der Waals surface area contributed by atoms with Gasteiger partial charge in [0.05, 0.1) is 16.7 Å². The molecule has 10 heteroatoms. The fraction of sp³-hybridized carbons (Fsp3) is 0.500. The Bertz CT molecular complexity index is 1220. The zero-order valence-corrected chi connectivity index (χ0v) is 23.4. The predicted molar refractivity (Wildman–Crippen MR) is 144 cm³/mol. The highest BCUT2D eigenvalue weighted by Crippen LogP contribution is 2.39. The van der Waals surface area contributed by atoms with E-state index in [4.69, 9.17) is 39.5 Å². The Labute approximate surface area is 228 Å². The van der Waals surface area contributed by atoms with Gasteiger partial charge in [-0.2, -0.15) is 4.31 Å². The number of sulfonamides is 1. The third-order valence-electron chi connectivity index (χ3n) is 7.07. The van der Waals surface area contributed by atoms with Crippen LogP contribution >= 0.6 is 34.8 Å². The number of hydrogen-bond donors (Lipinski definition) is 0. The molecule has 0 N–H and O–H groups in total. The summed E-state index contributed by atoms with van der Waals surface area (Å²) in [7, 11) is -3.92. The summed E-state index contributed by atoms with van der Waals surface area (Å²) in [5.41, 5.74) is 0.203. The van der Waals surface area contributed by atoms with Crippen LogP contribution in [0.1, 0.15) is 44.1 Å². The Kier molecular flexibility index (Phi) is 8.78. The summed E-state index contributed by atoms with van der Waals surface area (Å²) >= 11 is 18.6. The molecular weight excluding hydrogens is 543 g/mol. The van der Waals surface area contributed by atoms with Crippen LogP contribution in [0.25, 0.3) is 0 Å². The molecule has 1 atom stereocenters. The van der Waals surface area contributed by atoms with Gasteiger partial charge in [-0.25, -0.2) is 8.42 Å². The van der Waals surface area contributed by atoms with E-state index in [-0.39, 0.29) is 40.4 Å². The van der Waals surface area contributed by atoms with Crippen molar-refractivity contribution in [3.63, 3.8) is 0 Å². The average Bonchev–Trinajstić information content (AvgIpc) is 2.87. The Balaban J connectivity index is 1.61. The fourth-order valence-corrected chi connectivity index (χ4v) is 7.47. The number of carbonyl (C=O) groups excluding carboxylic acids is 1. The van der Waals surface area contributed by atoms with E-state index in [9.17, 15) is 13.2 Å². The number of rotatable bonds is 7. The van der Waals surface area contributed by atoms with Crippen molar-refractivity contribution in [2.75, 3.05) is 32.8 Å². The van der Waals surface area contributed by atoms with E-state index in [0.29, 0.717) is 30.2 Å². The lowest BCUT2D eigenvalue weighted by Gasteiger charge is -2.42. The average molecular weight is 574 g/mol. The molecule has 2 aromatic carbocycles. The molecule has 1 amide bonds. The van der Waals surface area contributed by atoms with Gasteiger partial charge in [0.2, 0.25) is 15.9 Å². The second kappa shape index (κ2) is 11.5. The minimum Gasteiger partial charge on any atom is -0.493 e. The highest BCUT2D eigenvalue weighted by Gasteiger charge is 2.43. The maximum atomic E-state index is 13.6. The second-order valence-electron chi connectivity index (χ2n) is 9.81. The quantitative estimate of drug-likeness (QED) is 0.395. The van der Waals surface area contributed by atoms with Gasteiger partial charge in [-0.05, 0) is 74.9 Å². The minimum absolute atomic E-state index is 0.00706. The summed E-state index contributed by atoms with van der Waals surface area (Å²) in [6.07, 6.45) is 4.61. The number of benzene rings is 2. The molecule has 36 heavy (non-hydrogen) atoms. The summed E-state index contributed by atoms with van der Waals surface area (Å²) < 4.78 is 34.9. The predicted octanol–water partition coefficient (Wildman–Crippen LogP) is 6.21. The highest BCUT2D eigenvalue weighted by molar-refractivity contribution is 7.89. The van der Waals surface area contributed by atoms with Crippen LogP contribution in [0.4, 0.5) is 0 Å². The summed E-state index contributed by atoms with van der Waals surface area (Å²) in [6.45, 7) is 4.09. The number of hydrogen-bond acceptors (Lipinski definition) is 4. The monoisotopic (exact) mass is 572 g/mol. The number of carbonyl (C=O) groups is 1. The lowest BCUT2D eigenvalue weighted by molar-refractivity contribution is -0.136. The lowest BCUT2D eigenvalue weighted by Crippen LogP contribution is -2.51. The number of ether oxygens (including phenoxy) is 1. The molecule has 2 aliphatic rings. The highest BCUT2D eigenvalue weighted by atomic mass is 35.5. The molecule has 1 unspecified atom stereocenters. The molecule has 0 saturated carbocycles. The molecule has 2 fully saturated rings. The molecule has 0 aliphatic carbocycles. The molecule has 2 heterocycles. The summed E-state index contributed by atoms with van der Waals surface area (Å²) in [5, 5.41) is 0.834. The summed E-state index contributed by atoms with van der Waals surface area (Å²) in [5.74, 6) is 0.685. The van der Waals surface area contributed by atoms with E-state index < -0.39 is 15.4 Å². The van der Waals surface area contributed by atoms with Crippen molar-refractivity contribution in [1.82, 2.24) is 9.21 Å². The smallest absolute Gasteiger partial charge is 0.244 e. The minimum atomic E-state index is -3.92. The van der Waals surface area contributed by atoms with Crippen molar-refractivity contribution < 1.29 is 17.9 Å². The van der Waals surface area contributed by atoms with Crippen LogP contribution in [0.2, 0.25) is 15.1 Å². The summed E-state index contributed by atoms with van der Waals surface area (Å²) in [4.78, 5) is 15.2. The first kappa shape index (κ1) is 27.5. The number of amides is 1. The van der Waals surface area contributed by atoms with Crippen molar-refractivity contribution >= 4 is 50.7 Å². The molecule has 2 aromatic rings. The first-order valence-corrected chi connectivity index (χ1v) is 14.8. The van der Waals surface area contributed by atoms with Crippen molar-refractivity contribution in [3.05, 3.63) is 57.0 Å². The van der Waals surface area contributed by atoms with Crippen LogP contribution in [0.15, 0.2) is 41.3 Å². The molecular formula is C26H31Cl3N2O4S. The SMILES string of the molecule is Cc1cc(OCC2(CC(=O)N3CCCCC3)CCCN(S(=O)(=O)c3cccc(Cl)c3Cl)C2)ccc1Cl. The number of piperidine rings is 2.